The lowest BCUT2D eigenvalue weighted by Crippen LogP contribution is -2.39. The number of carbonyl (C=O) groups excluding carboxylic acids is 1. The van der Waals surface area contributed by atoms with E-state index in [4.69, 9.17) is 0 Å². The fraction of sp³-hybridized carbons (Fsp3) is 0.235. The molecule has 0 aliphatic carbocycles. The van der Waals surface area contributed by atoms with Crippen molar-refractivity contribution in [2.24, 2.45) is 0 Å². The first-order chi connectivity index (χ1) is 11.0. The summed E-state index contributed by atoms with van der Waals surface area (Å²) in [4.78, 5) is 11.8. The molecule has 0 bridgehead atoms. The van der Waals surface area contributed by atoms with E-state index in [9.17, 15) is 18.7 Å². The number of hydrogen-bond donors (Lipinski definition) is 3. The van der Waals surface area contributed by atoms with Crippen LogP contribution in [0.25, 0.3) is 0 Å². The zero-order chi connectivity index (χ0) is 16.8. The molecule has 6 heteroatoms. The molecule has 0 saturated carbocycles. The minimum absolute atomic E-state index is 0.0502. The molecule has 2 atom stereocenters. The molecule has 2 amide bonds. The molecular formula is C17H18F2N2O2. The molecule has 0 spiro atoms. The van der Waals surface area contributed by atoms with Gasteiger partial charge < -0.3 is 15.7 Å². The second kappa shape index (κ2) is 7.69. The van der Waals surface area contributed by atoms with Crippen LogP contribution in [0.2, 0.25) is 0 Å². The molecule has 2 aromatic rings. The Hall–Kier alpha value is -2.47. The number of hydrogen-bond acceptors (Lipinski definition) is 2. The minimum Gasteiger partial charge on any atom is -0.387 e. The van der Waals surface area contributed by atoms with Crippen LogP contribution < -0.4 is 10.6 Å². The highest BCUT2D eigenvalue weighted by molar-refractivity contribution is 5.74. The summed E-state index contributed by atoms with van der Waals surface area (Å²) in [6, 6.07) is 10.6. The van der Waals surface area contributed by atoms with Crippen molar-refractivity contribution < 1.29 is 18.7 Å². The number of urea groups is 1. The van der Waals surface area contributed by atoms with Gasteiger partial charge in [0.25, 0.3) is 0 Å². The third-order valence-corrected chi connectivity index (χ3v) is 3.41. The SMILES string of the molecule is C[C@H](NC(=O)NC[C@@H](O)c1cccc(F)c1)c1ccc(F)cc1. The number of aliphatic hydroxyl groups excluding tert-OH is 1. The molecule has 0 heterocycles. The summed E-state index contributed by atoms with van der Waals surface area (Å²) in [6.45, 7) is 1.71. The van der Waals surface area contributed by atoms with E-state index < -0.39 is 18.0 Å². The van der Waals surface area contributed by atoms with Gasteiger partial charge in [-0.05, 0) is 42.3 Å². The zero-order valence-corrected chi connectivity index (χ0v) is 12.6. The van der Waals surface area contributed by atoms with Gasteiger partial charge in [-0.1, -0.05) is 24.3 Å². The Morgan fingerprint density at radius 1 is 1.09 bits per heavy atom. The Morgan fingerprint density at radius 2 is 1.78 bits per heavy atom. The lowest BCUT2D eigenvalue weighted by Gasteiger charge is -2.17. The van der Waals surface area contributed by atoms with Crippen molar-refractivity contribution in [2.45, 2.75) is 19.1 Å². The second-order valence-electron chi connectivity index (χ2n) is 5.20. The maximum atomic E-state index is 13.1. The van der Waals surface area contributed by atoms with E-state index >= 15 is 0 Å². The van der Waals surface area contributed by atoms with Crippen molar-refractivity contribution in [3.8, 4) is 0 Å². The summed E-state index contributed by atoms with van der Waals surface area (Å²) in [7, 11) is 0. The molecule has 0 aliphatic heterocycles. The van der Waals surface area contributed by atoms with Gasteiger partial charge >= 0.3 is 6.03 Å². The molecular weight excluding hydrogens is 302 g/mol. The largest absolute Gasteiger partial charge is 0.387 e. The van der Waals surface area contributed by atoms with E-state index in [2.05, 4.69) is 10.6 Å². The van der Waals surface area contributed by atoms with Gasteiger partial charge in [-0.25, -0.2) is 13.6 Å². The van der Waals surface area contributed by atoms with Gasteiger partial charge in [0.15, 0.2) is 0 Å². The number of rotatable bonds is 5. The fourth-order valence-corrected chi connectivity index (χ4v) is 2.10. The molecule has 0 aromatic heterocycles. The number of benzene rings is 2. The average Bonchev–Trinajstić information content (AvgIpc) is 2.53. The van der Waals surface area contributed by atoms with Crippen LogP contribution in [0.1, 0.15) is 30.2 Å². The van der Waals surface area contributed by atoms with Crippen LogP contribution in [-0.2, 0) is 0 Å². The monoisotopic (exact) mass is 320 g/mol. The smallest absolute Gasteiger partial charge is 0.315 e. The van der Waals surface area contributed by atoms with Gasteiger partial charge in [0, 0.05) is 6.54 Å². The van der Waals surface area contributed by atoms with E-state index in [1.54, 1.807) is 25.1 Å². The quantitative estimate of drug-likeness (QED) is 0.793. The standard InChI is InChI=1S/C17H18F2N2O2/c1-11(12-5-7-14(18)8-6-12)21-17(23)20-10-16(22)13-3-2-4-15(19)9-13/h2-9,11,16,22H,10H2,1H3,(H2,20,21,23)/t11-,16+/m0/s1. The molecule has 4 nitrogen and oxygen atoms in total. The molecule has 122 valence electrons. The van der Waals surface area contributed by atoms with Crippen LogP contribution in [0, 0.1) is 11.6 Å². The number of nitrogens with one attached hydrogen (secondary N) is 2. The van der Waals surface area contributed by atoms with Crippen molar-refractivity contribution >= 4 is 6.03 Å². The third kappa shape index (κ3) is 5.03. The van der Waals surface area contributed by atoms with E-state index in [0.29, 0.717) is 5.56 Å². The van der Waals surface area contributed by atoms with E-state index in [1.165, 1.54) is 30.3 Å². The molecule has 0 aliphatic rings. The topological polar surface area (TPSA) is 61.4 Å². The Balaban J connectivity index is 1.83. The molecule has 2 rings (SSSR count). The van der Waals surface area contributed by atoms with Gasteiger partial charge in [0.05, 0.1) is 12.1 Å². The van der Waals surface area contributed by atoms with Crippen LogP contribution in [0.5, 0.6) is 0 Å². The lowest BCUT2D eigenvalue weighted by molar-refractivity contribution is 0.172. The number of aliphatic hydroxyl groups is 1. The van der Waals surface area contributed by atoms with Crippen LogP contribution in [0.3, 0.4) is 0 Å². The highest BCUT2D eigenvalue weighted by Crippen LogP contribution is 2.14. The van der Waals surface area contributed by atoms with Crippen molar-refractivity contribution in [3.63, 3.8) is 0 Å². The zero-order valence-electron chi connectivity index (χ0n) is 12.6. The normalized spacial score (nSPS) is 13.2. The van der Waals surface area contributed by atoms with Gasteiger partial charge in [0.1, 0.15) is 11.6 Å². The molecule has 0 saturated heterocycles. The van der Waals surface area contributed by atoms with Crippen molar-refractivity contribution in [3.05, 3.63) is 71.3 Å². The third-order valence-electron chi connectivity index (χ3n) is 3.41. The Kier molecular flexibility index (Phi) is 5.65. The summed E-state index contributed by atoms with van der Waals surface area (Å²) in [5, 5.41) is 15.1. The summed E-state index contributed by atoms with van der Waals surface area (Å²) in [5.41, 5.74) is 1.14. The van der Waals surface area contributed by atoms with Gasteiger partial charge in [0.2, 0.25) is 0 Å². The van der Waals surface area contributed by atoms with Crippen molar-refractivity contribution in [2.75, 3.05) is 6.54 Å². The second-order valence-corrected chi connectivity index (χ2v) is 5.20. The predicted octanol–water partition coefficient (Wildman–Crippen LogP) is 3.06. The van der Waals surface area contributed by atoms with E-state index in [-0.39, 0.29) is 18.4 Å². The minimum atomic E-state index is -1.00. The maximum absolute atomic E-state index is 13.1. The maximum Gasteiger partial charge on any atom is 0.315 e. The van der Waals surface area contributed by atoms with Crippen LogP contribution in [0.15, 0.2) is 48.5 Å². The summed E-state index contributed by atoms with van der Waals surface area (Å²) in [5.74, 6) is -0.792. The highest BCUT2D eigenvalue weighted by atomic mass is 19.1. The Morgan fingerprint density at radius 3 is 2.43 bits per heavy atom. The first kappa shape index (κ1) is 16.9. The fourth-order valence-electron chi connectivity index (χ4n) is 2.10. The van der Waals surface area contributed by atoms with Gasteiger partial charge in [-0.3, -0.25) is 0 Å². The highest BCUT2D eigenvalue weighted by Gasteiger charge is 2.12. The lowest BCUT2D eigenvalue weighted by atomic mass is 10.1. The number of carbonyl (C=O) groups is 1. The first-order valence-electron chi connectivity index (χ1n) is 7.19. The Bertz CT molecular complexity index is 662. The average molecular weight is 320 g/mol. The van der Waals surface area contributed by atoms with Crippen LogP contribution in [0.4, 0.5) is 13.6 Å². The Labute approximate surface area is 133 Å². The summed E-state index contributed by atoms with van der Waals surface area (Å²) < 4.78 is 25.9. The number of halogens is 2. The molecule has 2 aromatic carbocycles. The van der Waals surface area contributed by atoms with Crippen LogP contribution in [-0.4, -0.2) is 17.7 Å². The van der Waals surface area contributed by atoms with Gasteiger partial charge in [-0.2, -0.15) is 0 Å². The molecule has 0 fully saturated rings. The van der Waals surface area contributed by atoms with E-state index in [1.807, 2.05) is 0 Å². The molecule has 23 heavy (non-hydrogen) atoms. The van der Waals surface area contributed by atoms with Crippen LogP contribution >= 0.6 is 0 Å². The van der Waals surface area contributed by atoms with Gasteiger partial charge in [-0.15, -0.1) is 0 Å². The summed E-state index contributed by atoms with van der Waals surface area (Å²) >= 11 is 0. The first-order valence-corrected chi connectivity index (χ1v) is 7.19. The molecule has 3 N–H and O–H groups in total. The molecule has 0 unspecified atom stereocenters. The van der Waals surface area contributed by atoms with Crippen molar-refractivity contribution in [1.82, 2.24) is 10.6 Å². The van der Waals surface area contributed by atoms with Crippen molar-refractivity contribution in [1.29, 1.82) is 0 Å². The molecule has 0 radical (unpaired) electrons. The number of amides is 2. The van der Waals surface area contributed by atoms with E-state index in [0.717, 1.165) is 5.56 Å². The summed E-state index contributed by atoms with van der Waals surface area (Å²) in [6.07, 6.45) is -1.00. The predicted molar refractivity (Wildman–Crippen MR) is 82.7 cm³/mol.